The fraction of sp³-hybridized carbons (Fsp3) is 0.200. The van der Waals surface area contributed by atoms with E-state index in [4.69, 9.17) is 17.3 Å². The number of hydrogen-bond acceptors (Lipinski definition) is 3. The van der Waals surface area contributed by atoms with Crippen molar-refractivity contribution in [1.82, 2.24) is 0 Å². The van der Waals surface area contributed by atoms with Crippen LogP contribution in [0.1, 0.15) is 11.1 Å². The molecule has 0 aromatic heterocycles. The predicted molar refractivity (Wildman–Crippen MR) is 79.9 cm³/mol. The van der Waals surface area contributed by atoms with Crippen LogP contribution in [0.15, 0.2) is 42.5 Å². The third-order valence-corrected chi connectivity index (χ3v) is 3.40. The van der Waals surface area contributed by atoms with Crippen LogP contribution in [0.4, 0.5) is 10.1 Å². The number of nitrogens with zero attached hydrogens (tertiary/aromatic N) is 1. The molecule has 0 aliphatic carbocycles. The van der Waals surface area contributed by atoms with Crippen LogP contribution in [-0.2, 0) is 12.8 Å². The lowest BCUT2D eigenvalue weighted by atomic mass is 9.99. The van der Waals surface area contributed by atoms with Gasteiger partial charge in [0.15, 0.2) is 0 Å². The standard InChI is InChI=1S/C15H14ClFN2O2/c16-12-6-4-10(5-7-12)8-13(18)9-11-2-1-3-14(15(11)17)19(20)21/h1-7,13H,8-9,18H2. The van der Waals surface area contributed by atoms with Gasteiger partial charge in [-0.05, 0) is 36.1 Å². The highest BCUT2D eigenvalue weighted by atomic mass is 35.5. The molecule has 2 rings (SSSR count). The lowest BCUT2D eigenvalue weighted by molar-refractivity contribution is -0.387. The summed E-state index contributed by atoms with van der Waals surface area (Å²) in [6.45, 7) is 0. The van der Waals surface area contributed by atoms with E-state index in [2.05, 4.69) is 0 Å². The van der Waals surface area contributed by atoms with Gasteiger partial charge < -0.3 is 5.73 Å². The fourth-order valence-electron chi connectivity index (χ4n) is 2.14. The molecule has 0 radical (unpaired) electrons. The quantitative estimate of drug-likeness (QED) is 0.679. The van der Waals surface area contributed by atoms with Crippen LogP contribution < -0.4 is 5.73 Å². The minimum Gasteiger partial charge on any atom is -0.327 e. The molecule has 0 spiro atoms. The minimum absolute atomic E-state index is 0.232. The average Bonchev–Trinajstić information content (AvgIpc) is 2.43. The topological polar surface area (TPSA) is 69.2 Å². The molecule has 2 N–H and O–H groups in total. The van der Waals surface area contributed by atoms with Crippen molar-refractivity contribution in [2.24, 2.45) is 5.73 Å². The molecule has 0 saturated heterocycles. The summed E-state index contributed by atoms with van der Waals surface area (Å²) in [5, 5.41) is 11.3. The van der Waals surface area contributed by atoms with Gasteiger partial charge in [0.2, 0.25) is 5.82 Å². The third-order valence-electron chi connectivity index (χ3n) is 3.15. The third kappa shape index (κ3) is 4.00. The molecule has 6 heteroatoms. The smallest absolute Gasteiger partial charge is 0.305 e. The number of hydrogen-bond donors (Lipinski definition) is 1. The number of rotatable bonds is 5. The highest BCUT2D eigenvalue weighted by Gasteiger charge is 2.18. The van der Waals surface area contributed by atoms with Gasteiger partial charge in [-0.1, -0.05) is 35.9 Å². The Morgan fingerprint density at radius 1 is 1.19 bits per heavy atom. The number of halogens is 2. The molecule has 110 valence electrons. The van der Waals surface area contributed by atoms with Crippen molar-refractivity contribution in [2.75, 3.05) is 0 Å². The second-order valence-electron chi connectivity index (χ2n) is 4.80. The van der Waals surface area contributed by atoms with Crippen LogP contribution in [0.3, 0.4) is 0 Å². The Morgan fingerprint density at radius 3 is 2.48 bits per heavy atom. The van der Waals surface area contributed by atoms with Crippen LogP contribution in [0.2, 0.25) is 5.02 Å². The Morgan fingerprint density at radius 2 is 1.86 bits per heavy atom. The van der Waals surface area contributed by atoms with E-state index in [1.54, 1.807) is 12.1 Å². The molecule has 0 bridgehead atoms. The van der Waals surface area contributed by atoms with Crippen molar-refractivity contribution >= 4 is 17.3 Å². The molecule has 0 fully saturated rings. The van der Waals surface area contributed by atoms with E-state index >= 15 is 0 Å². The van der Waals surface area contributed by atoms with Crippen molar-refractivity contribution in [3.05, 3.63) is 74.5 Å². The molecule has 1 atom stereocenters. The second kappa shape index (κ2) is 6.65. The molecule has 2 aromatic carbocycles. The summed E-state index contributed by atoms with van der Waals surface area (Å²) in [6, 6.07) is 11.0. The van der Waals surface area contributed by atoms with Crippen LogP contribution in [0.25, 0.3) is 0 Å². The molecule has 0 heterocycles. The Hall–Kier alpha value is -1.98. The molecule has 0 aliphatic heterocycles. The zero-order valence-corrected chi connectivity index (χ0v) is 11.9. The van der Waals surface area contributed by atoms with Crippen LogP contribution >= 0.6 is 11.6 Å². The van der Waals surface area contributed by atoms with Crippen molar-refractivity contribution in [3.8, 4) is 0 Å². The average molecular weight is 309 g/mol. The molecule has 1 unspecified atom stereocenters. The van der Waals surface area contributed by atoms with E-state index in [1.165, 1.54) is 12.1 Å². The normalized spacial score (nSPS) is 12.1. The molecular formula is C15H14ClFN2O2. The van der Waals surface area contributed by atoms with E-state index in [1.807, 2.05) is 12.1 Å². The maximum atomic E-state index is 14.0. The Kier molecular flexibility index (Phi) is 4.88. The number of benzene rings is 2. The zero-order valence-electron chi connectivity index (χ0n) is 11.1. The van der Waals surface area contributed by atoms with Crippen molar-refractivity contribution in [1.29, 1.82) is 0 Å². The molecule has 0 aliphatic rings. The predicted octanol–water partition coefficient (Wildman–Crippen LogP) is 3.50. The molecular weight excluding hydrogens is 295 g/mol. The van der Waals surface area contributed by atoms with Gasteiger partial charge in [-0.2, -0.15) is 4.39 Å². The van der Waals surface area contributed by atoms with E-state index in [0.717, 1.165) is 11.6 Å². The lowest BCUT2D eigenvalue weighted by Gasteiger charge is -2.12. The van der Waals surface area contributed by atoms with Gasteiger partial charge in [-0.25, -0.2) is 0 Å². The van der Waals surface area contributed by atoms with Crippen LogP contribution in [0, 0.1) is 15.9 Å². The Labute approximate surface area is 126 Å². The number of nitro benzene ring substituents is 1. The summed E-state index contributed by atoms with van der Waals surface area (Å²) in [7, 11) is 0. The molecule has 2 aromatic rings. The maximum Gasteiger partial charge on any atom is 0.305 e. The minimum atomic E-state index is -0.811. The fourth-order valence-corrected chi connectivity index (χ4v) is 2.27. The van der Waals surface area contributed by atoms with Crippen molar-refractivity contribution in [2.45, 2.75) is 18.9 Å². The molecule has 0 amide bonds. The van der Waals surface area contributed by atoms with Gasteiger partial charge in [0.05, 0.1) is 4.92 Å². The maximum absolute atomic E-state index is 14.0. The van der Waals surface area contributed by atoms with Gasteiger partial charge >= 0.3 is 5.69 Å². The summed E-state index contributed by atoms with van der Waals surface area (Å²) < 4.78 is 14.0. The largest absolute Gasteiger partial charge is 0.327 e. The van der Waals surface area contributed by atoms with Crippen molar-refractivity contribution in [3.63, 3.8) is 0 Å². The second-order valence-corrected chi connectivity index (χ2v) is 5.24. The molecule has 21 heavy (non-hydrogen) atoms. The highest BCUT2D eigenvalue weighted by molar-refractivity contribution is 6.30. The lowest BCUT2D eigenvalue weighted by Crippen LogP contribution is -2.26. The van der Waals surface area contributed by atoms with E-state index in [-0.39, 0.29) is 18.0 Å². The number of nitro groups is 1. The Balaban J connectivity index is 2.09. The van der Waals surface area contributed by atoms with Gasteiger partial charge in [0.25, 0.3) is 0 Å². The molecule has 0 saturated carbocycles. The summed E-state index contributed by atoms with van der Waals surface area (Å²) >= 11 is 5.80. The van der Waals surface area contributed by atoms with Gasteiger partial charge in [-0.3, -0.25) is 10.1 Å². The van der Waals surface area contributed by atoms with E-state index in [9.17, 15) is 14.5 Å². The van der Waals surface area contributed by atoms with Gasteiger partial charge in [0.1, 0.15) is 0 Å². The first kappa shape index (κ1) is 15.4. The summed E-state index contributed by atoms with van der Waals surface area (Å²) in [5.41, 5.74) is 6.72. The highest BCUT2D eigenvalue weighted by Crippen LogP contribution is 2.21. The summed E-state index contributed by atoms with van der Waals surface area (Å²) in [4.78, 5) is 9.97. The zero-order chi connectivity index (χ0) is 15.4. The van der Waals surface area contributed by atoms with Crippen LogP contribution in [0.5, 0.6) is 0 Å². The molecule has 4 nitrogen and oxygen atoms in total. The summed E-state index contributed by atoms with van der Waals surface area (Å²) in [5.74, 6) is -0.811. The number of nitrogens with two attached hydrogens (primary N) is 1. The SMILES string of the molecule is NC(Cc1ccc(Cl)cc1)Cc1cccc([N+](=O)[O-])c1F. The first-order valence-electron chi connectivity index (χ1n) is 6.39. The van der Waals surface area contributed by atoms with Crippen LogP contribution in [-0.4, -0.2) is 11.0 Å². The van der Waals surface area contributed by atoms with E-state index in [0.29, 0.717) is 11.4 Å². The van der Waals surface area contributed by atoms with Crippen molar-refractivity contribution < 1.29 is 9.31 Å². The van der Waals surface area contributed by atoms with E-state index < -0.39 is 16.4 Å². The summed E-state index contributed by atoms with van der Waals surface area (Å²) in [6.07, 6.45) is 0.773. The first-order valence-corrected chi connectivity index (χ1v) is 6.77. The monoisotopic (exact) mass is 308 g/mol. The first-order chi connectivity index (χ1) is 9.97. The van der Waals surface area contributed by atoms with Gasteiger partial charge in [-0.15, -0.1) is 0 Å². The van der Waals surface area contributed by atoms with Gasteiger partial charge in [0, 0.05) is 17.1 Å². The Bertz CT molecular complexity index is 647.